The van der Waals surface area contributed by atoms with Gasteiger partial charge in [0.25, 0.3) is 0 Å². The molecule has 3 N–H and O–H groups in total. The van der Waals surface area contributed by atoms with Gasteiger partial charge < -0.3 is 25.0 Å². The molecule has 1 saturated heterocycles. The molecule has 0 bridgehead atoms. The van der Waals surface area contributed by atoms with Crippen LogP contribution in [0.15, 0.2) is 18.2 Å². The maximum absolute atomic E-state index is 13.0. The summed E-state index contributed by atoms with van der Waals surface area (Å²) in [7, 11) is 0. The third kappa shape index (κ3) is 2.24. The number of hydrogen-bond acceptors (Lipinski definition) is 7. The predicted octanol–water partition coefficient (Wildman–Crippen LogP) is 1.72. The average molecular weight is 355 g/mol. The molecule has 2 aromatic carbocycles. The molecular formula is C19H17NO6. The lowest BCUT2D eigenvalue weighted by molar-refractivity contribution is 0.0973. The zero-order chi connectivity index (χ0) is 18.6. The minimum atomic E-state index is -0.640. The monoisotopic (exact) mass is 355 g/mol. The van der Waals surface area contributed by atoms with Crippen LogP contribution in [0, 0.1) is 6.92 Å². The van der Waals surface area contributed by atoms with E-state index in [1.54, 1.807) is 11.8 Å². The Morgan fingerprint density at radius 1 is 0.885 bits per heavy atom. The average Bonchev–Trinajstić information content (AvgIpc) is 2.59. The van der Waals surface area contributed by atoms with Gasteiger partial charge in [0.2, 0.25) is 5.78 Å². The van der Waals surface area contributed by atoms with Gasteiger partial charge in [-0.25, -0.2) is 0 Å². The second-order valence-corrected chi connectivity index (χ2v) is 6.48. The minimum Gasteiger partial charge on any atom is -0.507 e. The molecule has 0 aromatic heterocycles. The second-order valence-electron chi connectivity index (χ2n) is 6.48. The molecule has 1 aliphatic carbocycles. The van der Waals surface area contributed by atoms with Crippen LogP contribution in [0.4, 0.5) is 5.69 Å². The van der Waals surface area contributed by atoms with Gasteiger partial charge in [0.15, 0.2) is 11.5 Å². The molecule has 0 unspecified atom stereocenters. The third-order valence-electron chi connectivity index (χ3n) is 4.79. The van der Waals surface area contributed by atoms with Crippen molar-refractivity contribution in [3.63, 3.8) is 0 Å². The quantitative estimate of drug-likeness (QED) is 0.610. The highest BCUT2D eigenvalue weighted by Crippen LogP contribution is 2.46. The largest absolute Gasteiger partial charge is 0.507 e. The van der Waals surface area contributed by atoms with Gasteiger partial charge in [-0.05, 0) is 30.7 Å². The summed E-state index contributed by atoms with van der Waals surface area (Å²) >= 11 is 0. The smallest absolute Gasteiger partial charge is 0.202 e. The van der Waals surface area contributed by atoms with Crippen molar-refractivity contribution in [1.82, 2.24) is 0 Å². The Morgan fingerprint density at radius 3 is 2.23 bits per heavy atom. The molecule has 4 rings (SSSR count). The first-order chi connectivity index (χ1) is 12.4. The van der Waals surface area contributed by atoms with E-state index in [0.29, 0.717) is 31.9 Å². The fourth-order valence-electron chi connectivity index (χ4n) is 3.61. The molecule has 2 aromatic rings. The Balaban J connectivity index is 1.94. The van der Waals surface area contributed by atoms with Crippen molar-refractivity contribution in [2.45, 2.75) is 6.92 Å². The van der Waals surface area contributed by atoms with Crippen LogP contribution < -0.4 is 4.90 Å². The van der Waals surface area contributed by atoms with Crippen LogP contribution in [0.1, 0.15) is 37.4 Å². The van der Waals surface area contributed by atoms with E-state index < -0.39 is 17.3 Å². The summed E-state index contributed by atoms with van der Waals surface area (Å²) in [4.78, 5) is 27.5. The number of nitrogens with zero attached hydrogens (tertiary/aromatic N) is 1. The van der Waals surface area contributed by atoms with Crippen LogP contribution in [0.2, 0.25) is 0 Å². The SMILES string of the molecule is Cc1cc(O)c2c(c1)C(=O)c1cc(O)c(N3CCOCC3)c(O)c1C2=O. The lowest BCUT2D eigenvalue weighted by atomic mass is 9.81. The van der Waals surface area contributed by atoms with E-state index in [4.69, 9.17) is 4.74 Å². The van der Waals surface area contributed by atoms with Crippen molar-refractivity contribution in [3.05, 3.63) is 46.0 Å². The summed E-state index contributed by atoms with van der Waals surface area (Å²) in [5.41, 5.74) is 0.410. The maximum Gasteiger partial charge on any atom is 0.202 e. The van der Waals surface area contributed by atoms with Crippen LogP contribution in [0.25, 0.3) is 0 Å². The number of hydrogen-bond donors (Lipinski definition) is 3. The first-order valence-corrected chi connectivity index (χ1v) is 8.24. The summed E-state index contributed by atoms with van der Waals surface area (Å²) < 4.78 is 5.27. The first-order valence-electron chi connectivity index (χ1n) is 8.24. The molecule has 0 atom stereocenters. The molecule has 1 fully saturated rings. The lowest BCUT2D eigenvalue weighted by Crippen LogP contribution is -2.36. The van der Waals surface area contributed by atoms with Gasteiger partial charge in [-0.15, -0.1) is 0 Å². The standard InChI is InChI=1S/C19H17NO6/c1-9-6-10-14(12(21)7-9)18(24)15-11(17(10)23)8-13(22)16(19(15)25)20-2-4-26-5-3-20/h6-8,21-22,25H,2-5H2,1H3. The third-order valence-corrected chi connectivity index (χ3v) is 4.79. The van der Waals surface area contributed by atoms with E-state index in [-0.39, 0.29) is 39.4 Å². The number of phenols is 3. The van der Waals surface area contributed by atoms with Crippen molar-refractivity contribution in [3.8, 4) is 17.2 Å². The van der Waals surface area contributed by atoms with Crippen molar-refractivity contribution in [2.75, 3.05) is 31.2 Å². The van der Waals surface area contributed by atoms with E-state index in [1.807, 2.05) is 0 Å². The highest BCUT2D eigenvalue weighted by atomic mass is 16.5. The van der Waals surface area contributed by atoms with Crippen LogP contribution in [-0.4, -0.2) is 53.2 Å². The number of benzene rings is 2. The van der Waals surface area contributed by atoms with E-state index >= 15 is 0 Å². The van der Waals surface area contributed by atoms with Crippen molar-refractivity contribution in [1.29, 1.82) is 0 Å². The lowest BCUT2D eigenvalue weighted by Gasteiger charge is -2.31. The number of fused-ring (bicyclic) bond motifs is 2. The number of ketones is 2. The fraction of sp³-hybridized carbons (Fsp3) is 0.263. The van der Waals surface area contributed by atoms with Crippen LogP contribution in [0.5, 0.6) is 17.2 Å². The second kappa shape index (κ2) is 5.74. The van der Waals surface area contributed by atoms with Gasteiger partial charge >= 0.3 is 0 Å². The summed E-state index contributed by atoms with van der Waals surface area (Å²) in [6.45, 7) is 3.41. The Hall–Kier alpha value is -3.06. The Bertz CT molecular complexity index is 959. The van der Waals surface area contributed by atoms with Crippen molar-refractivity contribution in [2.24, 2.45) is 0 Å². The van der Waals surface area contributed by atoms with Crippen LogP contribution >= 0.6 is 0 Å². The number of phenolic OH excluding ortho intramolecular Hbond substituents is 3. The van der Waals surface area contributed by atoms with E-state index in [2.05, 4.69) is 0 Å². The molecule has 26 heavy (non-hydrogen) atoms. The Morgan fingerprint density at radius 2 is 1.54 bits per heavy atom. The van der Waals surface area contributed by atoms with Gasteiger partial charge in [0.05, 0.1) is 24.3 Å². The maximum atomic E-state index is 13.0. The number of morpholine rings is 1. The molecule has 7 nitrogen and oxygen atoms in total. The highest BCUT2D eigenvalue weighted by molar-refractivity contribution is 6.31. The molecule has 134 valence electrons. The summed E-state index contributed by atoms with van der Waals surface area (Å²) in [6.07, 6.45) is 0. The van der Waals surface area contributed by atoms with Gasteiger partial charge in [-0.3, -0.25) is 9.59 Å². The van der Waals surface area contributed by atoms with Gasteiger partial charge in [0, 0.05) is 24.2 Å². The molecule has 0 radical (unpaired) electrons. The topological polar surface area (TPSA) is 107 Å². The molecule has 0 spiro atoms. The molecule has 0 amide bonds. The van der Waals surface area contributed by atoms with Gasteiger partial charge in [-0.1, -0.05) is 0 Å². The van der Waals surface area contributed by atoms with Crippen molar-refractivity contribution < 1.29 is 29.6 Å². The van der Waals surface area contributed by atoms with E-state index in [1.165, 1.54) is 18.2 Å². The number of aryl methyl sites for hydroxylation is 1. The van der Waals surface area contributed by atoms with Gasteiger partial charge in [-0.2, -0.15) is 0 Å². The van der Waals surface area contributed by atoms with E-state index in [9.17, 15) is 24.9 Å². The number of ether oxygens (including phenoxy) is 1. The molecule has 2 aliphatic rings. The van der Waals surface area contributed by atoms with Crippen molar-refractivity contribution >= 4 is 17.3 Å². The minimum absolute atomic E-state index is 0.0675. The Kier molecular flexibility index (Phi) is 3.62. The zero-order valence-electron chi connectivity index (χ0n) is 14.1. The van der Waals surface area contributed by atoms with Crippen LogP contribution in [0.3, 0.4) is 0 Å². The number of aromatic hydroxyl groups is 3. The molecule has 7 heteroatoms. The molecule has 0 saturated carbocycles. The highest BCUT2D eigenvalue weighted by Gasteiger charge is 2.37. The molecule has 1 aliphatic heterocycles. The predicted molar refractivity (Wildman–Crippen MR) is 92.5 cm³/mol. The Labute approximate surface area is 149 Å². The number of anilines is 1. The fourth-order valence-corrected chi connectivity index (χ4v) is 3.61. The summed E-state index contributed by atoms with van der Waals surface area (Å²) in [5, 5.41) is 31.3. The number of carbonyl (C=O) groups excluding carboxylic acids is 2. The first kappa shape index (κ1) is 16.4. The van der Waals surface area contributed by atoms with Crippen LogP contribution in [-0.2, 0) is 4.74 Å². The molecule has 1 heterocycles. The van der Waals surface area contributed by atoms with Gasteiger partial charge in [0.1, 0.15) is 17.2 Å². The zero-order valence-corrected chi connectivity index (χ0v) is 14.1. The van der Waals surface area contributed by atoms with E-state index in [0.717, 1.165) is 0 Å². The number of rotatable bonds is 1. The molecular weight excluding hydrogens is 338 g/mol. The normalized spacial score (nSPS) is 16.4. The number of carbonyl (C=O) groups is 2. The summed E-state index contributed by atoms with van der Waals surface area (Å²) in [6, 6.07) is 4.12. The summed E-state index contributed by atoms with van der Waals surface area (Å²) in [5.74, 6) is -2.19.